The molecule has 2 aromatic carbocycles. The molecule has 2 aromatic rings. The van der Waals surface area contributed by atoms with Crippen LogP contribution in [0.3, 0.4) is 0 Å². The predicted molar refractivity (Wildman–Crippen MR) is 79.1 cm³/mol. The van der Waals surface area contributed by atoms with Gasteiger partial charge >= 0.3 is 0 Å². The molecule has 5 heteroatoms. The number of nitrogens with one attached hydrogen (secondary N) is 1. The number of aliphatic imine (C=N–C) groups is 1. The minimum Gasteiger partial charge on any atom is -0.333 e. The van der Waals surface area contributed by atoms with Crippen molar-refractivity contribution >= 4 is 22.6 Å². The van der Waals surface area contributed by atoms with Gasteiger partial charge in [-0.2, -0.15) is 0 Å². The highest BCUT2D eigenvalue weighted by atomic mass is 32.2. The fourth-order valence-corrected chi connectivity index (χ4v) is 2.96. The molecule has 0 aromatic heterocycles. The van der Waals surface area contributed by atoms with E-state index in [9.17, 15) is 8.78 Å². The second-order valence-electron chi connectivity index (χ2n) is 4.42. The van der Waals surface area contributed by atoms with Crippen molar-refractivity contribution in [3.63, 3.8) is 0 Å². The number of thioether (sulfide) groups is 1. The first-order valence-electron chi connectivity index (χ1n) is 6.20. The van der Waals surface area contributed by atoms with Crippen LogP contribution in [-0.2, 0) is 0 Å². The Balaban J connectivity index is 1.76. The van der Waals surface area contributed by atoms with Crippen molar-refractivity contribution in [1.29, 1.82) is 0 Å². The Morgan fingerprint density at radius 3 is 2.65 bits per heavy atom. The quantitative estimate of drug-likeness (QED) is 0.895. The van der Waals surface area contributed by atoms with Crippen molar-refractivity contribution in [2.75, 3.05) is 11.1 Å². The summed E-state index contributed by atoms with van der Waals surface area (Å²) in [6.07, 6.45) is 0. The fraction of sp³-hybridized carbons (Fsp3) is 0.133. The van der Waals surface area contributed by atoms with Gasteiger partial charge in [0, 0.05) is 11.8 Å². The van der Waals surface area contributed by atoms with Crippen LogP contribution in [0.5, 0.6) is 0 Å². The second kappa shape index (κ2) is 5.63. The molecular formula is C15H12F2N2S. The van der Waals surface area contributed by atoms with Gasteiger partial charge in [0.2, 0.25) is 0 Å². The summed E-state index contributed by atoms with van der Waals surface area (Å²) in [5.41, 5.74) is 1.38. The van der Waals surface area contributed by atoms with Crippen molar-refractivity contribution in [3.8, 4) is 0 Å². The highest BCUT2D eigenvalue weighted by Crippen LogP contribution is 2.31. The molecule has 3 rings (SSSR count). The lowest BCUT2D eigenvalue weighted by Crippen LogP contribution is -2.06. The lowest BCUT2D eigenvalue weighted by Gasteiger charge is -2.06. The largest absolute Gasteiger partial charge is 0.333 e. The molecule has 2 nitrogen and oxygen atoms in total. The van der Waals surface area contributed by atoms with E-state index in [4.69, 9.17) is 0 Å². The number of anilines is 1. The van der Waals surface area contributed by atoms with Crippen LogP contribution in [0.1, 0.15) is 11.6 Å². The smallest absolute Gasteiger partial charge is 0.161 e. The van der Waals surface area contributed by atoms with Gasteiger partial charge in [-0.05, 0) is 17.7 Å². The van der Waals surface area contributed by atoms with E-state index in [1.54, 1.807) is 0 Å². The summed E-state index contributed by atoms with van der Waals surface area (Å²) in [6, 6.07) is 13.5. The minimum absolute atomic E-state index is 0.0761. The zero-order valence-corrected chi connectivity index (χ0v) is 11.3. The zero-order chi connectivity index (χ0) is 13.9. The van der Waals surface area contributed by atoms with Crippen LogP contribution in [0.4, 0.5) is 14.5 Å². The third-order valence-electron chi connectivity index (χ3n) is 3.01. The van der Waals surface area contributed by atoms with Crippen LogP contribution in [0.2, 0.25) is 0 Å². The maximum absolute atomic E-state index is 13.6. The molecule has 1 aliphatic rings. The fourth-order valence-electron chi connectivity index (χ4n) is 1.99. The Kier molecular flexibility index (Phi) is 3.69. The average Bonchev–Trinajstić information content (AvgIpc) is 2.92. The zero-order valence-electron chi connectivity index (χ0n) is 10.5. The maximum Gasteiger partial charge on any atom is 0.161 e. The molecule has 0 amide bonds. The summed E-state index contributed by atoms with van der Waals surface area (Å²) in [7, 11) is 0. The Hall–Kier alpha value is -1.88. The summed E-state index contributed by atoms with van der Waals surface area (Å²) in [6.45, 7) is 0. The third-order valence-corrected chi connectivity index (χ3v) is 3.97. The number of nitrogens with zero attached hydrogens (tertiary/aromatic N) is 1. The van der Waals surface area contributed by atoms with E-state index in [1.165, 1.54) is 23.9 Å². The van der Waals surface area contributed by atoms with Crippen molar-refractivity contribution < 1.29 is 8.78 Å². The summed E-state index contributed by atoms with van der Waals surface area (Å²) in [4.78, 5) is 4.53. The summed E-state index contributed by atoms with van der Waals surface area (Å²) in [5.74, 6) is -0.387. The lowest BCUT2D eigenvalue weighted by molar-refractivity contribution is 0.586. The number of benzene rings is 2. The topological polar surface area (TPSA) is 24.4 Å². The van der Waals surface area contributed by atoms with Crippen molar-refractivity contribution in [3.05, 3.63) is 65.7 Å². The Labute approximate surface area is 119 Å². The monoisotopic (exact) mass is 290 g/mol. The van der Waals surface area contributed by atoms with E-state index in [0.717, 1.165) is 17.4 Å². The van der Waals surface area contributed by atoms with E-state index < -0.39 is 11.6 Å². The van der Waals surface area contributed by atoms with Gasteiger partial charge in [0.05, 0.1) is 11.7 Å². The van der Waals surface area contributed by atoms with Gasteiger partial charge in [-0.3, -0.25) is 4.99 Å². The minimum atomic E-state index is -0.614. The molecule has 0 bridgehead atoms. The molecule has 102 valence electrons. The number of hydrogen-bond donors (Lipinski definition) is 1. The molecule has 0 spiro atoms. The Bertz CT molecular complexity index is 644. The second-order valence-corrected chi connectivity index (χ2v) is 5.43. The highest BCUT2D eigenvalue weighted by molar-refractivity contribution is 8.14. The summed E-state index contributed by atoms with van der Waals surface area (Å²) in [5, 5.41) is 3.56. The van der Waals surface area contributed by atoms with E-state index >= 15 is 0 Å². The van der Waals surface area contributed by atoms with Crippen LogP contribution in [-0.4, -0.2) is 10.9 Å². The van der Waals surface area contributed by atoms with E-state index in [-0.39, 0.29) is 11.7 Å². The third kappa shape index (κ3) is 2.82. The van der Waals surface area contributed by atoms with Crippen molar-refractivity contribution in [2.24, 2.45) is 4.99 Å². The molecule has 0 saturated carbocycles. The molecule has 1 aliphatic heterocycles. The highest BCUT2D eigenvalue weighted by Gasteiger charge is 2.20. The van der Waals surface area contributed by atoms with Gasteiger partial charge in [0.1, 0.15) is 11.6 Å². The summed E-state index contributed by atoms with van der Waals surface area (Å²) >= 11 is 1.53. The molecular weight excluding hydrogens is 278 g/mol. The van der Waals surface area contributed by atoms with Crippen LogP contribution in [0.25, 0.3) is 0 Å². The molecule has 1 atom stereocenters. The first kappa shape index (κ1) is 13.1. The lowest BCUT2D eigenvalue weighted by atomic mass is 10.1. The van der Waals surface area contributed by atoms with Crippen LogP contribution >= 0.6 is 11.8 Å². The van der Waals surface area contributed by atoms with E-state index in [0.29, 0.717) is 5.17 Å². The van der Waals surface area contributed by atoms with Gasteiger partial charge in [0.15, 0.2) is 5.17 Å². The first-order valence-corrected chi connectivity index (χ1v) is 7.18. The van der Waals surface area contributed by atoms with Crippen molar-refractivity contribution in [1.82, 2.24) is 0 Å². The first-order chi connectivity index (χ1) is 9.72. The number of rotatable bonds is 2. The van der Waals surface area contributed by atoms with Crippen molar-refractivity contribution in [2.45, 2.75) is 6.04 Å². The molecule has 1 heterocycles. The number of halogens is 2. The number of hydrogen-bond acceptors (Lipinski definition) is 3. The molecule has 1 unspecified atom stereocenters. The normalized spacial score (nSPS) is 17.9. The van der Waals surface area contributed by atoms with E-state index in [2.05, 4.69) is 10.3 Å². The maximum atomic E-state index is 13.6. The Morgan fingerprint density at radius 2 is 1.90 bits per heavy atom. The van der Waals surface area contributed by atoms with Gasteiger partial charge in [-0.1, -0.05) is 42.1 Å². The molecule has 0 radical (unpaired) electrons. The molecule has 0 aliphatic carbocycles. The van der Waals surface area contributed by atoms with Gasteiger partial charge in [-0.25, -0.2) is 8.78 Å². The Morgan fingerprint density at radius 1 is 1.10 bits per heavy atom. The molecule has 1 N–H and O–H groups in total. The number of amidine groups is 1. The van der Waals surface area contributed by atoms with Gasteiger partial charge in [0.25, 0.3) is 0 Å². The predicted octanol–water partition coefficient (Wildman–Crippen LogP) is 4.22. The average molecular weight is 290 g/mol. The van der Waals surface area contributed by atoms with Gasteiger partial charge < -0.3 is 5.32 Å². The molecule has 0 fully saturated rings. The molecule has 0 saturated heterocycles. The summed E-state index contributed by atoms with van der Waals surface area (Å²) < 4.78 is 26.4. The van der Waals surface area contributed by atoms with Gasteiger partial charge in [-0.15, -0.1) is 0 Å². The van der Waals surface area contributed by atoms with Crippen LogP contribution in [0.15, 0.2) is 53.5 Å². The standard InChI is InChI=1S/C15H12F2N2S/c16-11-6-7-13(12(17)8-11)18-15-19-14(9-20-15)10-4-2-1-3-5-10/h1-8,14H,9H2,(H,18,19). The van der Waals surface area contributed by atoms with Crippen LogP contribution in [0, 0.1) is 11.6 Å². The SMILES string of the molecule is Fc1ccc(NC2=NC(c3ccccc3)CS2)c(F)c1. The molecule has 20 heavy (non-hydrogen) atoms. The van der Waals surface area contributed by atoms with Crippen LogP contribution < -0.4 is 5.32 Å². The van der Waals surface area contributed by atoms with E-state index in [1.807, 2.05) is 30.3 Å².